The maximum Gasteiger partial charge on any atom is 0.263 e. The van der Waals surface area contributed by atoms with Gasteiger partial charge in [0.1, 0.15) is 11.4 Å². The number of nitrogens with zero attached hydrogens (tertiary/aromatic N) is 2. The van der Waals surface area contributed by atoms with Crippen LogP contribution in [0, 0.1) is 0 Å². The van der Waals surface area contributed by atoms with Crippen LogP contribution < -0.4 is 10.9 Å². The maximum atomic E-state index is 11.8. The number of carbonyl (C=O) groups excluding carboxylic acids is 1. The van der Waals surface area contributed by atoms with Crippen molar-refractivity contribution in [2.45, 2.75) is 0 Å². The molecule has 1 amide bonds. The van der Waals surface area contributed by atoms with E-state index in [1.54, 1.807) is 12.2 Å². The number of carbonyl (C=O) groups is 1. The molecule has 0 aliphatic rings. The predicted molar refractivity (Wildman–Crippen MR) is 88.9 cm³/mol. The zero-order valence-electron chi connectivity index (χ0n) is 12.4. The molecule has 23 heavy (non-hydrogen) atoms. The van der Waals surface area contributed by atoms with Crippen LogP contribution in [0.5, 0.6) is 0 Å². The van der Waals surface area contributed by atoms with E-state index in [0.717, 1.165) is 16.6 Å². The second kappa shape index (κ2) is 6.23. The highest BCUT2D eigenvalue weighted by molar-refractivity contribution is 5.93. The summed E-state index contributed by atoms with van der Waals surface area (Å²) in [6.45, 7) is 0. The maximum absolute atomic E-state index is 11.8. The van der Waals surface area contributed by atoms with E-state index in [1.807, 2.05) is 36.4 Å². The van der Waals surface area contributed by atoms with Gasteiger partial charge in [0.25, 0.3) is 11.5 Å². The van der Waals surface area contributed by atoms with Gasteiger partial charge in [0.15, 0.2) is 0 Å². The minimum absolute atomic E-state index is 0.0199. The summed E-state index contributed by atoms with van der Waals surface area (Å²) >= 11 is 0. The third-order valence-electron chi connectivity index (χ3n) is 3.32. The summed E-state index contributed by atoms with van der Waals surface area (Å²) in [6, 6.07) is 11.7. The lowest BCUT2D eigenvalue weighted by atomic mass is 10.2. The molecule has 114 valence electrons. The largest absolute Gasteiger partial charge is 0.355 e. The van der Waals surface area contributed by atoms with Gasteiger partial charge < -0.3 is 10.3 Å². The Kier molecular flexibility index (Phi) is 3.97. The Labute approximate surface area is 131 Å². The highest BCUT2D eigenvalue weighted by Gasteiger charge is 2.08. The van der Waals surface area contributed by atoms with Crippen LogP contribution in [-0.2, 0) is 0 Å². The Morgan fingerprint density at radius 1 is 1.17 bits per heavy atom. The first kappa shape index (κ1) is 14.6. The van der Waals surface area contributed by atoms with Crippen molar-refractivity contribution in [3.05, 3.63) is 70.0 Å². The highest BCUT2D eigenvalue weighted by atomic mass is 16.2. The minimum Gasteiger partial charge on any atom is -0.355 e. The summed E-state index contributed by atoms with van der Waals surface area (Å²) in [6.07, 6.45) is 4.65. The molecule has 0 aliphatic heterocycles. The molecule has 0 spiro atoms. The van der Waals surface area contributed by atoms with E-state index in [0.29, 0.717) is 5.82 Å². The van der Waals surface area contributed by atoms with E-state index < -0.39 is 11.5 Å². The molecule has 2 aromatic heterocycles. The van der Waals surface area contributed by atoms with Crippen LogP contribution in [0.4, 0.5) is 0 Å². The van der Waals surface area contributed by atoms with Gasteiger partial charge >= 0.3 is 0 Å². The number of H-pyrrole nitrogens is 1. The molecule has 6 heteroatoms. The highest BCUT2D eigenvalue weighted by Crippen LogP contribution is 2.13. The molecular weight excluding hydrogens is 292 g/mol. The van der Waals surface area contributed by atoms with Gasteiger partial charge in [-0.15, -0.1) is 0 Å². The van der Waals surface area contributed by atoms with Gasteiger partial charge in [0.05, 0.1) is 11.2 Å². The SMILES string of the molecule is CNC(=O)c1cnc(/C=C/c2ccc3ccccc3n2)[nH]c1=O. The molecule has 2 heterocycles. The van der Waals surface area contributed by atoms with Gasteiger partial charge in [-0.2, -0.15) is 0 Å². The number of aromatic nitrogens is 3. The van der Waals surface area contributed by atoms with Crippen LogP contribution in [0.3, 0.4) is 0 Å². The van der Waals surface area contributed by atoms with Crippen LogP contribution in [0.15, 0.2) is 47.4 Å². The predicted octanol–water partition coefficient (Wildman–Crippen LogP) is 1.85. The van der Waals surface area contributed by atoms with Gasteiger partial charge in [0, 0.05) is 18.6 Å². The molecule has 1 aromatic carbocycles. The summed E-state index contributed by atoms with van der Waals surface area (Å²) < 4.78 is 0. The average Bonchev–Trinajstić information content (AvgIpc) is 2.59. The smallest absolute Gasteiger partial charge is 0.263 e. The first-order valence-corrected chi connectivity index (χ1v) is 7.02. The number of benzene rings is 1. The Hall–Kier alpha value is -3.28. The molecule has 0 atom stereocenters. The van der Waals surface area contributed by atoms with E-state index in [-0.39, 0.29) is 5.56 Å². The van der Waals surface area contributed by atoms with Gasteiger partial charge in [0.2, 0.25) is 0 Å². The van der Waals surface area contributed by atoms with Crippen molar-refractivity contribution < 1.29 is 4.79 Å². The van der Waals surface area contributed by atoms with Crippen LogP contribution in [-0.4, -0.2) is 27.9 Å². The first-order chi connectivity index (χ1) is 11.2. The van der Waals surface area contributed by atoms with Crippen LogP contribution >= 0.6 is 0 Å². The second-order valence-electron chi connectivity index (χ2n) is 4.85. The number of hydrogen-bond acceptors (Lipinski definition) is 4. The van der Waals surface area contributed by atoms with E-state index in [2.05, 4.69) is 20.3 Å². The lowest BCUT2D eigenvalue weighted by molar-refractivity contribution is 0.0961. The van der Waals surface area contributed by atoms with Crippen molar-refractivity contribution in [1.82, 2.24) is 20.3 Å². The van der Waals surface area contributed by atoms with Crippen molar-refractivity contribution in [3.63, 3.8) is 0 Å². The van der Waals surface area contributed by atoms with Crippen molar-refractivity contribution in [3.8, 4) is 0 Å². The summed E-state index contributed by atoms with van der Waals surface area (Å²) in [4.78, 5) is 34.4. The standard InChI is InChI=1S/C17H14N4O2/c1-18-16(22)13-10-19-15(21-17(13)23)9-8-12-7-6-11-4-2-3-5-14(11)20-12/h2-10H,1H3,(H,18,22)(H,19,21,23)/b9-8+. The lowest BCUT2D eigenvalue weighted by Crippen LogP contribution is -2.27. The van der Waals surface area contributed by atoms with Gasteiger partial charge in [-0.25, -0.2) is 9.97 Å². The number of amides is 1. The number of aromatic amines is 1. The zero-order valence-corrected chi connectivity index (χ0v) is 12.4. The quantitative estimate of drug-likeness (QED) is 0.773. The molecule has 3 aromatic rings. The third kappa shape index (κ3) is 3.16. The number of fused-ring (bicyclic) bond motifs is 1. The molecule has 0 fully saturated rings. The van der Waals surface area contributed by atoms with E-state index in [4.69, 9.17) is 0 Å². The fraction of sp³-hybridized carbons (Fsp3) is 0.0588. The van der Waals surface area contributed by atoms with Crippen molar-refractivity contribution in [2.75, 3.05) is 7.05 Å². The third-order valence-corrected chi connectivity index (χ3v) is 3.32. The van der Waals surface area contributed by atoms with Crippen molar-refractivity contribution in [2.24, 2.45) is 0 Å². The Morgan fingerprint density at radius 3 is 2.78 bits per heavy atom. The molecule has 0 saturated carbocycles. The van der Waals surface area contributed by atoms with E-state index >= 15 is 0 Å². The van der Waals surface area contributed by atoms with Crippen LogP contribution in [0.25, 0.3) is 23.1 Å². The molecule has 0 aliphatic carbocycles. The number of pyridine rings is 1. The molecule has 0 bridgehead atoms. The number of para-hydroxylation sites is 1. The lowest BCUT2D eigenvalue weighted by Gasteiger charge is -2.00. The fourth-order valence-electron chi connectivity index (χ4n) is 2.13. The summed E-state index contributed by atoms with van der Waals surface area (Å²) in [5, 5.41) is 3.45. The number of hydrogen-bond donors (Lipinski definition) is 2. The summed E-state index contributed by atoms with van der Waals surface area (Å²) in [5.74, 6) is -0.108. The minimum atomic E-state index is -0.481. The summed E-state index contributed by atoms with van der Waals surface area (Å²) in [7, 11) is 1.46. The van der Waals surface area contributed by atoms with E-state index in [9.17, 15) is 9.59 Å². The number of rotatable bonds is 3. The Balaban J connectivity index is 1.88. The second-order valence-corrected chi connectivity index (χ2v) is 4.85. The normalized spacial score (nSPS) is 11.0. The molecule has 0 unspecified atom stereocenters. The Morgan fingerprint density at radius 2 is 2.00 bits per heavy atom. The van der Waals surface area contributed by atoms with E-state index in [1.165, 1.54) is 13.2 Å². The van der Waals surface area contributed by atoms with Crippen molar-refractivity contribution >= 4 is 29.0 Å². The average molecular weight is 306 g/mol. The van der Waals surface area contributed by atoms with Crippen molar-refractivity contribution in [1.29, 1.82) is 0 Å². The first-order valence-electron chi connectivity index (χ1n) is 7.02. The molecule has 3 rings (SSSR count). The molecule has 6 nitrogen and oxygen atoms in total. The van der Waals surface area contributed by atoms with Gasteiger partial charge in [-0.05, 0) is 24.3 Å². The molecule has 2 N–H and O–H groups in total. The zero-order chi connectivity index (χ0) is 16.2. The van der Waals surface area contributed by atoms with Crippen LogP contribution in [0.1, 0.15) is 21.9 Å². The topological polar surface area (TPSA) is 87.7 Å². The fourth-order valence-corrected chi connectivity index (χ4v) is 2.13. The summed E-state index contributed by atoms with van der Waals surface area (Å²) in [5.41, 5.74) is 1.15. The molecule has 0 radical (unpaired) electrons. The number of nitrogens with one attached hydrogen (secondary N) is 2. The van der Waals surface area contributed by atoms with Gasteiger partial charge in [-0.1, -0.05) is 24.3 Å². The van der Waals surface area contributed by atoms with Gasteiger partial charge in [-0.3, -0.25) is 9.59 Å². The molecule has 0 saturated heterocycles. The molecular formula is C17H14N4O2. The van der Waals surface area contributed by atoms with Crippen LogP contribution in [0.2, 0.25) is 0 Å². The monoisotopic (exact) mass is 306 g/mol. The Bertz CT molecular complexity index is 960.